The molecule has 0 unspecified atom stereocenters. The normalized spacial score (nSPS) is 15.6. The number of nitrogens with zero attached hydrogens (tertiary/aromatic N) is 5. The molecule has 10 heteroatoms. The van der Waals surface area contributed by atoms with Gasteiger partial charge >= 0.3 is 0 Å². The minimum atomic E-state index is -0.221. The minimum Gasteiger partial charge on any atom is -0.345 e. The van der Waals surface area contributed by atoms with E-state index in [0.717, 1.165) is 53.9 Å². The number of rotatable bonds is 4. The van der Waals surface area contributed by atoms with Crippen molar-refractivity contribution in [2.24, 2.45) is 7.05 Å². The first-order valence-corrected chi connectivity index (χ1v) is 11.1. The molecule has 0 saturated heterocycles. The highest BCUT2D eigenvalue weighted by Gasteiger charge is 2.31. The molecule has 1 aliphatic heterocycles. The third-order valence-corrected chi connectivity index (χ3v) is 6.51. The first-order chi connectivity index (χ1) is 14.6. The van der Waals surface area contributed by atoms with Crippen LogP contribution in [0.2, 0.25) is 0 Å². The maximum absolute atomic E-state index is 13.3. The highest BCUT2D eigenvalue weighted by Crippen LogP contribution is 2.27. The van der Waals surface area contributed by atoms with Crippen LogP contribution in [0.3, 0.4) is 0 Å². The Kier molecular flexibility index (Phi) is 4.86. The van der Waals surface area contributed by atoms with Crippen LogP contribution in [0, 0.1) is 0 Å². The monoisotopic (exact) mass is 425 g/mol. The van der Waals surface area contributed by atoms with Crippen LogP contribution in [0.25, 0.3) is 0 Å². The summed E-state index contributed by atoms with van der Waals surface area (Å²) in [5.74, 6) is -0.219. The van der Waals surface area contributed by atoms with Crippen molar-refractivity contribution in [1.82, 2.24) is 35.2 Å². The average Bonchev–Trinajstić information content (AvgIpc) is 3.48. The molecule has 0 atom stereocenters. The lowest BCUT2D eigenvalue weighted by molar-refractivity contribution is 0.0720. The number of hydrogen-bond acceptors (Lipinski definition) is 6. The molecule has 0 saturated carbocycles. The lowest BCUT2D eigenvalue weighted by Crippen LogP contribution is -2.38. The second-order valence-electron chi connectivity index (χ2n) is 7.77. The zero-order chi connectivity index (χ0) is 20.7. The standard InChI is InChI=1S/C20H23N7O2S/c1-26-18(14-4-2-3-5-15(14)25-26)20(29)27-7-6-13-16(9-27)23-24-17(13)19(28)21-8-12-10-30-11-22-12/h10-11H,2-9H2,1H3,(H,21,28)(H,23,24). The minimum absolute atomic E-state index is 0.00272. The first kappa shape index (κ1) is 19.0. The summed E-state index contributed by atoms with van der Waals surface area (Å²) in [5.41, 5.74) is 7.55. The Hall–Kier alpha value is -3.01. The summed E-state index contributed by atoms with van der Waals surface area (Å²) in [6.07, 6.45) is 4.68. The summed E-state index contributed by atoms with van der Waals surface area (Å²) < 4.78 is 1.73. The smallest absolute Gasteiger partial charge is 0.272 e. The Morgan fingerprint density at radius 2 is 2.10 bits per heavy atom. The van der Waals surface area contributed by atoms with Crippen molar-refractivity contribution in [3.63, 3.8) is 0 Å². The molecule has 30 heavy (non-hydrogen) atoms. The maximum atomic E-state index is 13.3. The molecule has 0 radical (unpaired) electrons. The Balaban J connectivity index is 1.31. The predicted octanol–water partition coefficient (Wildman–Crippen LogP) is 1.61. The third kappa shape index (κ3) is 3.30. The number of aromatic nitrogens is 5. The highest BCUT2D eigenvalue weighted by atomic mass is 32.1. The van der Waals surface area contributed by atoms with Gasteiger partial charge in [0, 0.05) is 30.1 Å². The van der Waals surface area contributed by atoms with Gasteiger partial charge in [0.1, 0.15) is 5.69 Å². The number of carbonyl (C=O) groups excluding carboxylic acids is 2. The van der Waals surface area contributed by atoms with Gasteiger partial charge in [0.2, 0.25) is 0 Å². The highest BCUT2D eigenvalue weighted by molar-refractivity contribution is 7.07. The van der Waals surface area contributed by atoms with Crippen molar-refractivity contribution in [1.29, 1.82) is 0 Å². The Labute approximate surface area is 177 Å². The van der Waals surface area contributed by atoms with Gasteiger partial charge in [-0.15, -0.1) is 11.3 Å². The van der Waals surface area contributed by atoms with Crippen LogP contribution < -0.4 is 5.32 Å². The molecule has 2 amide bonds. The molecule has 156 valence electrons. The second kappa shape index (κ2) is 7.67. The molecule has 4 heterocycles. The van der Waals surface area contributed by atoms with Gasteiger partial charge in [-0.1, -0.05) is 0 Å². The molecule has 3 aromatic heterocycles. The summed E-state index contributed by atoms with van der Waals surface area (Å²) in [6.45, 7) is 1.35. The molecular formula is C20H23N7O2S. The van der Waals surface area contributed by atoms with Gasteiger partial charge in [0.25, 0.3) is 11.8 Å². The zero-order valence-corrected chi connectivity index (χ0v) is 17.6. The number of aromatic amines is 1. The van der Waals surface area contributed by atoms with Crippen molar-refractivity contribution >= 4 is 23.2 Å². The molecule has 0 bridgehead atoms. The van der Waals surface area contributed by atoms with Gasteiger partial charge in [0.05, 0.1) is 35.7 Å². The molecular weight excluding hydrogens is 402 g/mol. The Morgan fingerprint density at radius 1 is 1.23 bits per heavy atom. The maximum Gasteiger partial charge on any atom is 0.272 e. The summed E-state index contributed by atoms with van der Waals surface area (Å²) >= 11 is 1.49. The van der Waals surface area contributed by atoms with Crippen molar-refractivity contribution in [2.75, 3.05) is 6.54 Å². The van der Waals surface area contributed by atoms with Crippen molar-refractivity contribution in [3.05, 3.63) is 50.5 Å². The molecule has 3 aromatic rings. The molecule has 5 rings (SSSR count). The number of nitrogens with one attached hydrogen (secondary N) is 2. The van der Waals surface area contributed by atoms with Gasteiger partial charge < -0.3 is 10.2 Å². The summed E-state index contributed by atoms with van der Waals surface area (Å²) in [5, 5.41) is 16.5. The zero-order valence-electron chi connectivity index (χ0n) is 16.8. The number of carbonyl (C=O) groups is 2. The molecule has 1 aliphatic carbocycles. The number of hydrogen-bond donors (Lipinski definition) is 2. The van der Waals surface area contributed by atoms with E-state index in [1.807, 2.05) is 17.3 Å². The quantitative estimate of drug-likeness (QED) is 0.660. The predicted molar refractivity (Wildman–Crippen MR) is 110 cm³/mol. The van der Waals surface area contributed by atoms with E-state index in [4.69, 9.17) is 0 Å². The van der Waals surface area contributed by atoms with Crippen LogP contribution in [0.4, 0.5) is 0 Å². The first-order valence-electron chi connectivity index (χ1n) is 10.2. The lowest BCUT2D eigenvalue weighted by atomic mass is 9.95. The van der Waals surface area contributed by atoms with E-state index in [1.165, 1.54) is 11.3 Å². The SMILES string of the molecule is Cn1nc2c(c1C(=O)N1CCc3c(C(=O)NCc4cscn4)n[nH]c3C1)CCCC2. The van der Waals surface area contributed by atoms with Crippen molar-refractivity contribution in [3.8, 4) is 0 Å². The van der Waals surface area contributed by atoms with E-state index < -0.39 is 0 Å². The van der Waals surface area contributed by atoms with Crippen LogP contribution in [0.1, 0.15) is 62.0 Å². The molecule has 0 spiro atoms. The van der Waals surface area contributed by atoms with E-state index in [0.29, 0.717) is 37.4 Å². The number of fused-ring (bicyclic) bond motifs is 2. The topological polar surface area (TPSA) is 109 Å². The van der Waals surface area contributed by atoms with Crippen LogP contribution >= 0.6 is 11.3 Å². The largest absolute Gasteiger partial charge is 0.345 e. The van der Waals surface area contributed by atoms with E-state index in [9.17, 15) is 9.59 Å². The van der Waals surface area contributed by atoms with E-state index in [2.05, 4.69) is 25.6 Å². The van der Waals surface area contributed by atoms with Gasteiger partial charge in [-0.05, 0) is 32.1 Å². The van der Waals surface area contributed by atoms with Crippen molar-refractivity contribution < 1.29 is 9.59 Å². The van der Waals surface area contributed by atoms with Crippen LogP contribution in [0.5, 0.6) is 0 Å². The van der Waals surface area contributed by atoms with E-state index in [1.54, 1.807) is 10.2 Å². The average molecular weight is 426 g/mol. The molecule has 2 aliphatic rings. The molecule has 0 aromatic carbocycles. The van der Waals surface area contributed by atoms with Crippen LogP contribution in [0.15, 0.2) is 10.9 Å². The Bertz CT molecular complexity index is 1100. The Morgan fingerprint density at radius 3 is 2.93 bits per heavy atom. The fraction of sp³-hybridized carbons (Fsp3) is 0.450. The van der Waals surface area contributed by atoms with E-state index >= 15 is 0 Å². The van der Waals surface area contributed by atoms with Gasteiger partial charge in [-0.25, -0.2) is 4.98 Å². The summed E-state index contributed by atoms with van der Waals surface area (Å²) in [4.78, 5) is 31.8. The van der Waals surface area contributed by atoms with Gasteiger partial charge in [-0.2, -0.15) is 10.2 Å². The lowest BCUT2D eigenvalue weighted by Gasteiger charge is -2.27. The fourth-order valence-corrected chi connectivity index (χ4v) is 4.92. The van der Waals surface area contributed by atoms with E-state index in [-0.39, 0.29) is 11.8 Å². The summed E-state index contributed by atoms with van der Waals surface area (Å²) in [7, 11) is 1.85. The van der Waals surface area contributed by atoms with Crippen LogP contribution in [-0.2, 0) is 39.4 Å². The molecule has 0 fully saturated rings. The number of H-pyrrole nitrogens is 1. The van der Waals surface area contributed by atoms with Gasteiger partial charge in [-0.3, -0.25) is 19.4 Å². The molecule has 9 nitrogen and oxygen atoms in total. The summed E-state index contributed by atoms with van der Waals surface area (Å²) in [6, 6.07) is 0. The number of thiazole rings is 1. The number of amides is 2. The van der Waals surface area contributed by atoms with Gasteiger partial charge in [0.15, 0.2) is 5.69 Å². The van der Waals surface area contributed by atoms with Crippen LogP contribution in [-0.4, -0.2) is 48.2 Å². The fourth-order valence-electron chi connectivity index (χ4n) is 4.36. The number of aryl methyl sites for hydroxylation is 2. The third-order valence-electron chi connectivity index (χ3n) is 5.87. The van der Waals surface area contributed by atoms with Crippen molar-refractivity contribution in [2.45, 2.75) is 45.2 Å². The molecule has 2 N–H and O–H groups in total. The second-order valence-corrected chi connectivity index (χ2v) is 8.49.